The summed E-state index contributed by atoms with van der Waals surface area (Å²) in [5, 5.41) is 0. The van der Waals surface area contributed by atoms with Crippen LogP contribution in [0.4, 0.5) is 0 Å². The molecular weight excluding hydrogens is 308 g/mol. The molecule has 0 aromatic rings. The third kappa shape index (κ3) is 2.14. The molecule has 0 heterocycles. The van der Waals surface area contributed by atoms with E-state index < -0.39 is 8.32 Å². The van der Waals surface area contributed by atoms with Gasteiger partial charge in [-0.15, -0.1) is 0 Å². The van der Waals surface area contributed by atoms with Gasteiger partial charge in [0.25, 0.3) is 0 Å². The van der Waals surface area contributed by atoms with Crippen molar-refractivity contribution in [3.05, 3.63) is 12.2 Å². The number of fused-ring (bicyclic) bond motifs is 4. The SMILES string of the molecule is CC(C)[Si](OC1[C@H]2CCC[C@@H]1[C@H]1C=C[C@@H]2C12CC2)(C(C)C)C(C)C. The Morgan fingerprint density at radius 1 is 0.833 bits per heavy atom. The van der Waals surface area contributed by atoms with Crippen molar-refractivity contribution in [1.82, 2.24) is 0 Å². The molecule has 4 bridgehead atoms. The van der Waals surface area contributed by atoms with Crippen molar-refractivity contribution >= 4 is 8.32 Å². The molecule has 0 radical (unpaired) electrons. The minimum absolute atomic E-state index is 0.564. The minimum atomic E-state index is -1.77. The highest BCUT2D eigenvalue weighted by Gasteiger charge is 2.67. The third-order valence-corrected chi connectivity index (χ3v) is 14.7. The van der Waals surface area contributed by atoms with Gasteiger partial charge in [0.2, 0.25) is 8.32 Å². The molecule has 136 valence electrons. The van der Waals surface area contributed by atoms with Crippen LogP contribution in [0, 0.1) is 29.1 Å². The third-order valence-electron chi connectivity index (χ3n) is 8.57. The summed E-state index contributed by atoms with van der Waals surface area (Å²) >= 11 is 0. The Labute approximate surface area is 150 Å². The molecule has 5 atom stereocenters. The summed E-state index contributed by atoms with van der Waals surface area (Å²) in [6.45, 7) is 14.7. The quantitative estimate of drug-likeness (QED) is 0.404. The summed E-state index contributed by atoms with van der Waals surface area (Å²) in [6, 6.07) is 0. The molecule has 2 heteroatoms. The molecule has 3 fully saturated rings. The average molecular weight is 347 g/mol. The first-order chi connectivity index (χ1) is 11.3. The predicted octanol–water partition coefficient (Wildman–Crippen LogP) is 6.56. The van der Waals surface area contributed by atoms with Gasteiger partial charge in [-0.25, -0.2) is 0 Å². The van der Waals surface area contributed by atoms with Crippen LogP contribution in [-0.2, 0) is 4.43 Å². The monoisotopic (exact) mass is 346 g/mol. The Balaban J connectivity index is 1.67. The van der Waals surface area contributed by atoms with E-state index in [1.54, 1.807) is 0 Å². The van der Waals surface area contributed by atoms with Crippen molar-refractivity contribution in [3.63, 3.8) is 0 Å². The Kier molecular flexibility index (Phi) is 4.12. The zero-order valence-corrected chi connectivity index (χ0v) is 17.7. The maximum absolute atomic E-state index is 7.43. The van der Waals surface area contributed by atoms with Crippen molar-refractivity contribution in [3.8, 4) is 0 Å². The lowest BCUT2D eigenvalue weighted by atomic mass is 9.57. The van der Waals surface area contributed by atoms with Crippen LogP contribution < -0.4 is 0 Å². The van der Waals surface area contributed by atoms with E-state index in [1.807, 2.05) is 0 Å². The second kappa shape index (κ2) is 5.71. The van der Waals surface area contributed by atoms with Crippen LogP contribution >= 0.6 is 0 Å². The molecule has 0 saturated heterocycles. The Morgan fingerprint density at radius 3 is 1.67 bits per heavy atom. The first kappa shape index (κ1) is 17.3. The lowest BCUT2D eigenvalue weighted by molar-refractivity contribution is -0.0747. The second-order valence-corrected chi connectivity index (χ2v) is 15.7. The summed E-state index contributed by atoms with van der Waals surface area (Å²) in [7, 11) is -1.77. The number of rotatable bonds is 5. The molecule has 1 unspecified atom stereocenters. The summed E-state index contributed by atoms with van der Waals surface area (Å²) in [5.41, 5.74) is 2.83. The highest BCUT2D eigenvalue weighted by molar-refractivity contribution is 6.77. The second-order valence-electron chi connectivity index (χ2n) is 10.3. The van der Waals surface area contributed by atoms with Crippen molar-refractivity contribution in [1.29, 1.82) is 0 Å². The van der Waals surface area contributed by atoms with Crippen molar-refractivity contribution in [2.45, 2.75) is 96.4 Å². The van der Waals surface area contributed by atoms with E-state index in [0.29, 0.717) is 28.1 Å². The van der Waals surface area contributed by atoms with Crippen molar-refractivity contribution < 1.29 is 4.43 Å². The van der Waals surface area contributed by atoms with Crippen LogP contribution in [0.15, 0.2) is 12.2 Å². The Bertz CT molecular complexity index is 470. The maximum atomic E-state index is 7.43. The maximum Gasteiger partial charge on any atom is 0.200 e. The van der Waals surface area contributed by atoms with Crippen molar-refractivity contribution in [2.24, 2.45) is 29.1 Å². The van der Waals surface area contributed by atoms with E-state index in [-0.39, 0.29) is 0 Å². The highest BCUT2D eigenvalue weighted by Crippen LogP contribution is 2.72. The lowest BCUT2D eigenvalue weighted by Crippen LogP contribution is -2.58. The topological polar surface area (TPSA) is 9.23 Å². The smallest absolute Gasteiger partial charge is 0.200 e. The van der Waals surface area contributed by atoms with E-state index in [1.165, 1.54) is 32.1 Å². The van der Waals surface area contributed by atoms with E-state index in [9.17, 15) is 0 Å². The van der Waals surface area contributed by atoms with E-state index in [2.05, 4.69) is 53.7 Å². The standard InChI is InChI=1S/C22H38OSi/c1-14(2)24(15(3)4,16(5)6)23-21-17-8-7-9-18(21)20-11-10-19(17)22(20)12-13-22/h10-11,14-21H,7-9,12-13H2,1-6H3/t17-,18+,19-,20+,21?. The fraction of sp³-hybridized carbons (Fsp3) is 0.909. The molecule has 0 aliphatic heterocycles. The lowest BCUT2D eigenvalue weighted by Gasteiger charge is -2.56. The van der Waals surface area contributed by atoms with Gasteiger partial charge >= 0.3 is 0 Å². The van der Waals surface area contributed by atoms with E-state index >= 15 is 0 Å². The zero-order chi connectivity index (χ0) is 17.3. The van der Waals surface area contributed by atoms with Gasteiger partial charge in [0.15, 0.2) is 0 Å². The van der Waals surface area contributed by atoms with Crippen LogP contribution in [-0.4, -0.2) is 14.4 Å². The van der Waals surface area contributed by atoms with Gasteiger partial charge in [0.05, 0.1) is 6.10 Å². The van der Waals surface area contributed by atoms with Crippen LogP contribution in [0.1, 0.15) is 73.6 Å². The van der Waals surface area contributed by atoms with Gasteiger partial charge in [0.1, 0.15) is 0 Å². The molecule has 0 amide bonds. The van der Waals surface area contributed by atoms with Crippen LogP contribution in [0.3, 0.4) is 0 Å². The average Bonchev–Trinajstić information content (AvgIpc) is 3.19. The molecule has 4 aliphatic rings. The largest absolute Gasteiger partial charge is 0.413 e. The van der Waals surface area contributed by atoms with Gasteiger partial charge in [-0.2, -0.15) is 0 Å². The predicted molar refractivity (Wildman–Crippen MR) is 105 cm³/mol. The normalized spacial score (nSPS) is 39.5. The summed E-state index contributed by atoms with van der Waals surface area (Å²) in [5.74, 6) is 3.35. The fourth-order valence-electron chi connectivity index (χ4n) is 7.62. The molecule has 1 spiro atoms. The number of hydrogen-bond acceptors (Lipinski definition) is 1. The van der Waals surface area contributed by atoms with Gasteiger partial charge < -0.3 is 4.43 Å². The van der Waals surface area contributed by atoms with E-state index in [0.717, 1.165) is 23.7 Å². The van der Waals surface area contributed by atoms with E-state index in [4.69, 9.17) is 4.43 Å². The Morgan fingerprint density at radius 2 is 1.29 bits per heavy atom. The molecular formula is C22H38OSi. The molecule has 24 heavy (non-hydrogen) atoms. The number of hydrogen-bond donors (Lipinski definition) is 0. The molecule has 1 nitrogen and oxygen atoms in total. The molecule has 0 N–H and O–H groups in total. The minimum Gasteiger partial charge on any atom is -0.413 e. The summed E-state index contributed by atoms with van der Waals surface area (Å²) in [4.78, 5) is 0. The number of allylic oxidation sites excluding steroid dienone is 2. The first-order valence-corrected chi connectivity index (χ1v) is 12.8. The molecule has 0 aromatic heterocycles. The molecule has 3 saturated carbocycles. The van der Waals surface area contributed by atoms with Gasteiger partial charge in [0, 0.05) is 0 Å². The Hall–Kier alpha value is -0.0831. The van der Waals surface area contributed by atoms with Gasteiger partial charge in [-0.1, -0.05) is 60.1 Å². The van der Waals surface area contributed by atoms with Crippen LogP contribution in [0.5, 0.6) is 0 Å². The molecule has 4 rings (SSSR count). The van der Waals surface area contributed by atoms with Crippen molar-refractivity contribution in [2.75, 3.05) is 0 Å². The van der Waals surface area contributed by atoms with Gasteiger partial charge in [-0.3, -0.25) is 0 Å². The zero-order valence-electron chi connectivity index (χ0n) is 16.7. The van der Waals surface area contributed by atoms with Crippen LogP contribution in [0.2, 0.25) is 16.6 Å². The highest BCUT2D eigenvalue weighted by atomic mass is 28.4. The molecule has 0 aromatic carbocycles. The fourth-order valence-corrected chi connectivity index (χ4v) is 13.3. The first-order valence-electron chi connectivity index (χ1n) is 10.7. The van der Waals surface area contributed by atoms with Crippen LogP contribution in [0.25, 0.3) is 0 Å². The molecule has 4 aliphatic carbocycles. The summed E-state index contributed by atoms with van der Waals surface area (Å²) < 4.78 is 7.43. The van der Waals surface area contributed by atoms with Gasteiger partial charge in [-0.05, 0) is 71.4 Å². The summed E-state index contributed by atoms with van der Waals surface area (Å²) in [6.07, 6.45) is 13.1.